The minimum absolute atomic E-state index is 0.0549. The van der Waals surface area contributed by atoms with Gasteiger partial charge in [-0.25, -0.2) is 13.8 Å². The number of carbonyl (C=O) groups excluding carboxylic acids is 1. The van der Waals surface area contributed by atoms with Gasteiger partial charge in [0.1, 0.15) is 22.8 Å². The molecule has 3 rings (SSSR count). The number of benzene rings is 2. The number of ether oxygens (including phenoxy) is 2. The molecule has 0 bridgehead atoms. The number of fused-ring (bicyclic) bond motifs is 1. The number of nitrogens with zero attached hydrogens (tertiary/aromatic N) is 3. The lowest BCUT2D eigenvalue weighted by atomic mass is 10.3. The molecule has 166 valence electrons. The minimum atomic E-state index is -0.746. The van der Waals surface area contributed by atoms with E-state index in [0.29, 0.717) is 35.2 Å². The molecule has 1 amide bonds. The normalized spacial score (nSPS) is 11.2. The van der Waals surface area contributed by atoms with Crippen molar-refractivity contribution in [2.45, 2.75) is 13.3 Å². The highest BCUT2D eigenvalue weighted by Crippen LogP contribution is 2.31. The van der Waals surface area contributed by atoms with Crippen LogP contribution in [0, 0.1) is 11.6 Å². The number of anilines is 1. The predicted octanol–water partition coefficient (Wildman–Crippen LogP) is 4.34. The van der Waals surface area contributed by atoms with Crippen molar-refractivity contribution in [1.29, 1.82) is 0 Å². The molecule has 0 aliphatic heterocycles. The smallest absolute Gasteiger partial charge is 0.266 e. The van der Waals surface area contributed by atoms with Crippen LogP contribution >= 0.6 is 11.3 Å². The first-order chi connectivity index (χ1) is 14.9. The Bertz CT molecular complexity index is 1020. The van der Waals surface area contributed by atoms with Crippen LogP contribution in [-0.2, 0) is 4.79 Å². The Balaban J connectivity index is 1.76. The number of amides is 1. The lowest BCUT2D eigenvalue weighted by molar-refractivity contribution is -0.120. The SMILES string of the molecule is CCOc1ccc(OCC(=O)N(CCCN(C)C)c2nc3c(F)cc(F)cc3s2)cc1. The van der Waals surface area contributed by atoms with Crippen LogP contribution in [0.3, 0.4) is 0 Å². The molecule has 0 atom stereocenters. The number of aromatic nitrogens is 1. The van der Waals surface area contributed by atoms with Crippen LogP contribution < -0.4 is 14.4 Å². The van der Waals surface area contributed by atoms with Crippen molar-refractivity contribution in [3.05, 3.63) is 48.0 Å². The Kier molecular flexibility index (Phi) is 7.75. The Morgan fingerprint density at radius 2 is 1.74 bits per heavy atom. The molecule has 0 saturated carbocycles. The fourth-order valence-electron chi connectivity index (χ4n) is 2.95. The molecule has 1 heterocycles. The molecule has 31 heavy (non-hydrogen) atoms. The van der Waals surface area contributed by atoms with Crippen LogP contribution in [-0.4, -0.2) is 56.2 Å². The number of rotatable bonds is 10. The Hall–Kier alpha value is -2.78. The number of carbonyl (C=O) groups is 1. The molecule has 1 aromatic heterocycles. The van der Waals surface area contributed by atoms with Gasteiger partial charge in [-0.1, -0.05) is 11.3 Å². The number of thiazole rings is 1. The average molecular weight is 450 g/mol. The van der Waals surface area contributed by atoms with E-state index in [1.807, 2.05) is 25.9 Å². The van der Waals surface area contributed by atoms with Gasteiger partial charge in [0, 0.05) is 12.6 Å². The summed E-state index contributed by atoms with van der Waals surface area (Å²) in [6, 6.07) is 9.00. The Morgan fingerprint density at radius 1 is 1.06 bits per heavy atom. The van der Waals surface area contributed by atoms with E-state index in [-0.39, 0.29) is 18.0 Å². The molecule has 0 unspecified atom stereocenters. The van der Waals surface area contributed by atoms with Crippen LogP contribution in [0.15, 0.2) is 36.4 Å². The fourth-order valence-corrected chi connectivity index (χ4v) is 4.00. The third kappa shape index (κ3) is 6.11. The van der Waals surface area contributed by atoms with Crippen molar-refractivity contribution in [3.63, 3.8) is 0 Å². The summed E-state index contributed by atoms with van der Waals surface area (Å²) < 4.78 is 39.0. The number of hydrogen-bond donors (Lipinski definition) is 0. The molecular formula is C22H25F2N3O3S. The molecule has 2 aromatic carbocycles. The maximum absolute atomic E-state index is 14.1. The largest absolute Gasteiger partial charge is 0.494 e. The fraction of sp³-hybridized carbons (Fsp3) is 0.364. The van der Waals surface area contributed by atoms with Crippen LogP contribution in [0.1, 0.15) is 13.3 Å². The van der Waals surface area contributed by atoms with E-state index < -0.39 is 11.6 Å². The van der Waals surface area contributed by atoms with E-state index >= 15 is 0 Å². The maximum atomic E-state index is 14.1. The molecule has 0 aliphatic carbocycles. The van der Waals surface area contributed by atoms with Gasteiger partial charge in [-0.05, 0) is 64.3 Å². The summed E-state index contributed by atoms with van der Waals surface area (Å²) in [6.07, 6.45) is 0.689. The molecule has 0 N–H and O–H groups in total. The second kappa shape index (κ2) is 10.5. The summed E-state index contributed by atoms with van der Waals surface area (Å²) in [6.45, 7) is 3.40. The van der Waals surface area contributed by atoms with Gasteiger partial charge in [0.15, 0.2) is 17.6 Å². The van der Waals surface area contributed by atoms with Crippen molar-refractivity contribution >= 4 is 32.6 Å². The van der Waals surface area contributed by atoms with E-state index in [2.05, 4.69) is 4.98 Å². The summed E-state index contributed by atoms with van der Waals surface area (Å²) >= 11 is 1.08. The summed E-state index contributed by atoms with van der Waals surface area (Å²) in [4.78, 5) is 20.7. The average Bonchev–Trinajstić information content (AvgIpc) is 3.14. The summed E-state index contributed by atoms with van der Waals surface area (Å²) in [5.41, 5.74) is 0.0549. The number of hydrogen-bond acceptors (Lipinski definition) is 6. The van der Waals surface area contributed by atoms with Crippen LogP contribution in [0.2, 0.25) is 0 Å². The van der Waals surface area contributed by atoms with Crippen LogP contribution in [0.25, 0.3) is 10.2 Å². The van der Waals surface area contributed by atoms with Crippen LogP contribution in [0.4, 0.5) is 13.9 Å². The van der Waals surface area contributed by atoms with Crippen molar-refractivity contribution < 1.29 is 23.0 Å². The minimum Gasteiger partial charge on any atom is -0.494 e. The quantitative estimate of drug-likeness (QED) is 0.461. The zero-order valence-corrected chi connectivity index (χ0v) is 18.5. The molecule has 6 nitrogen and oxygen atoms in total. The Labute approximate surface area is 184 Å². The van der Waals surface area contributed by atoms with Crippen molar-refractivity contribution in [2.75, 3.05) is 45.3 Å². The van der Waals surface area contributed by atoms with E-state index in [9.17, 15) is 13.6 Å². The first kappa shape index (κ1) is 22.9. The van der Waals surface area contributed by atoms with Crippen molar-refractivity contribution in [1.82, 2.24) is 9.88 Å². The molecule has 0 fully saturated rings. The standard InChI is InChI=1S/C22H25F2N3O3S/c1-4-29-16-6-8-17(9-7-16)30-14-20(28)27(11-5-10-26(2)3)22-25-21-18(24)12-15(23)13-19(21)31-22/h6-9,12-13H,4-5,10-11,14H2,1-3H3. The van der Waals surface area contributed by atoms with E-state index in [4.69, 9.17) is 9.47 Å². The zero-order valence-electron chi connectivity index (χ0n) is 17.7. The van der Waals surface area contributed by atoms with E-state index in [1.54, 1.807) is 24.3 Å². The molecular weight excluding hydrogens is 424 g/mol. The third-order valence-electron chi connectivity index (χ3n) is 4.42. The summed E-state index contributed by atoms with van der Waals surface area (Å²) in [5, 5.41) is 0.318. The highest BCUT2D eigenvalue weighted by molar-refractivity contribution is 7.22. The van der Waals surface area contributed by atoms with Gasteiger partial charge < -0.3 is 14.4 Å². The third-order valence-corrected chi connectivity index (χ3v) is 5.44. The van der Waals surface area contributed by atoms with Gasteiger partial charge in [-0.15, -0.1) is 0 Å². The molecule has 0 aliphatic rings. The van der Waals surface area contributed by atoms with E-state index in [1.165, 1.54) is 11.0 Å². The van der Waals surface area contributed by atoms with Crippen LogP contribution in [0.5, 0.6) is 11.5 Å². The molecule has 0 spiro atoms. The van der Waals surface area contributed by atoms with Gasteiger partial charge in [0.05, 0.1) is 11.3 Å². The summed E-state index contributed by atoms with van der Waals surface area (Å²) in [5.74, 6) is -0.487. The highest BCUT2D eigenvalue weighted by Gasteiger charge is 2.22. The summed E-state index contributed by atoms with van der Waals surface area (Å²) in [7, 11) is 3.88. The lowest BCUT2D eigenvalue weighted by Crippen LogP contribution is -2.36. The van der Waals surface area contributed by atoms with Gasteiger partial charge in [0.25, 0.3) is 5.91 Å². The monoisotopic (exact) mass is 449 g/mol. The maximum Gasteiger partial charge on any atom is 0.266 e. The molecule has 3 aromatic rings. The Morgan fingerprint density at radius 3 is 2.39 bits per heavy atom. The topological polar surface area (TPSA) is 54.9 Å². The molecule has 0 radical (unpaired) electrons. The van der Waals surface area contributed by atoms with Gasteiger partial charge >= 0.3 is 0 Å². The van der Waals surface area contributed by atoms with Gasteiger partial charge in [0.2, 0.25) is 0 Å². The highest BCUT2D eigenvalue weighted by atomic mass is 32.1. The second-order valence-electron chi connectivity index (χ2n) is 7.13. The molecule has 0 saturated heterocycles. The second-order valence-corrected chi connectivity index (χ2v) is 8.14. The van der Waals surface area contributed by atoms with E-state index in [0.717, 1.165) is 29.7 Å². The first-order valence-electron chi connectivity index (χ1n) is 9.93. The first-order valence-corrected chi connectivity index (χ1v) is 10.8. The zero-order chi connectivity index (χ0) is 22.4. The van der Waals surface area contributed by atoms with Crippen molar-refractivity contribution in [2.24, 2.45) is 0 Å². The van der Waals surface area contributed by atoms with Gasteiger partial charge in [-0.2, -0.15) is 0 Å². The lowest BCUT2D eigenvalue weighted by Gasteiger charge is -2.21. The van der Waals surface area contributed by atoms with Crippen molar-refractivity contribution in [3.8, 4) is 11.5 Å². The van der Waals surface area contributed by atoms with Gasteiger partial charge in [-0.3, -0.25) is 9.69 Å². The molecule has 9 heteroatoms. The predicted molar refractivity (Wildman–Crippen MR) is 118 cm³/mol. The number of halogens is 2.